The maximum atomic E-state index is 12.2. The third kappa shape index (κ3) is 3.76. The number of nitrogens with one attached hydrogen (secondary N) is 1. The number of methoxy groups -OCH3 is 1. The maximum absolute atomic E-state index is 12.2. The van der Waals surface area contributed by atoms with Crippen molar-refractivity contribution in [2.45, 2.75) is 11.2 Å². The molecule has 1 aromatic rings. The summed E-state index contributed by atoms with van der Waals surface area (Å²) >= 11 is 10.1. The molecule has 1 unspecified atom stereocenters. The molecule has 0 saturated carbocycles. The van der Waals surface area contributed by atoms with Gasteiger partial charge in [-0.25, -0.2) is 0 Å². The molecule has 1 atom stereocenters. The molecule has 7 heteroatoms. The zero-order chi connectivity index (χ0) is 15.6. The number of ether oxygens (including phenoxy) is 1. The summed E-state index contributed by atoms with van der Waals surface area (Å²) in [6.45, 7) is 0.480. The van der Waals surface area contributed by atoms with E-state index in [2.05, 4.69) is 53.1 Å². The Labute approximate surface area is 147 Å². The highest BCUT2D eigenvalue weighted by atomic mass is 79.9. The number of carbonyl (C=O) groups is 2. The van der Waals surface area contributed by atoms with Gasteiger partial charge in [0.1, 0.15) is 5.75 Å². The zero-order valence-corrected chi connectivity index (χ0v) is 15.8. The molecule has 0 aliphatic carbocycles. The van der Waals surface area contributed by atoms with Crippen molar-refractivity contribution in [1.82, 2.24) is 5.32 Å². The molecule has 1 aromatic carbocycles. The predicted molar refractivity (Wildman–Crippen MR) is 91.7 cm³/mol. The molecule has 21 heavy (non-hydrogen) atoms. The van der Waals surface area contributed by atoms with Crippen LogP contribution >= 0.6 is 47.8 Å². The molecule has 0 spiro atoms. The zero-order valence-electron chi connectivity index (χ0n) is 11.1. The Kier molecular flexibility index (Phi) is 5.62. The van der Waals surface area contributed by atoms with E-state index < -0.39 is 0 Å². The number of ketones is 1. The minimum atomic E-state index is -0.343. The van der Waals surface area contributed by atoms with Gasteiger partial charge in [0.15, 0.2) is 5.78 Å². The molecule has 1 aliphatic heterocycles. The summed E-state index contributed by atoms with van der Waals surface area (Å²) < 4.78 is 6.71. The van der Waals surface area contributed by atoms with Crippen molar-refractivity contribution in [3.8, 4) is 5.75 Å². The summed E-state index contributed by atoms with van der Waals surface area (Å²) in [6, 6.07) is 3.59. The molecule has 1 amide bonds. The topological polar surface area (TPSA) is 55.4 Å². The van der Waals surface area contributed by atoms with Crippen LogP contribution < -0.4 is 10.1 Å². The number of Topliss-reactive ketones (excluding diaryl/α,β-unsaturated/α-hetero) is 1. The van der Waals surface area contributed by atoms with Crippen LogP contribution in [0.25, 0.3) is 6.08 Å². The van der Waals surface area contributed by atoms with Crippen LogP contribution in [-0.4, -0.2) is 30.2 Å². The number of hydrogen-bond acceptors (Lipinski definition) is 3. The van der Waals surface area contributed by atoms with Crippen molar-refractivity contribution < 1.29 is 14.3 Å². The van der Waals surface area contributed by atoms with Gasteiger partial charge in [0, 0.05) is 6.54 Å². The van der Waals surface area contributed by atoms with Gasteiger partial charge < -0.3 is 10.1 Å². The molecule has 1 N–H and O–H groups in total. The minimum Gasteiger partial charge on any atom is -0.494 e. The normalized spacial score (nSPS) is 21.1. The van der Waals surface area contributed by atoms with Crippen LogP contribution in [-0.2, 0) is 9.59 Å². The second kappa shape index (κ2) is 7.07. The summed E-state index contributed by atoms with van der Waals surface area (Å²) in [5, 5.41) is 2.72. The second-order valence-corrected chi connectivity index (χ2v) is 7.27. The van der Waals surface area contributed by atoms with Gasteiger partial charge in [-0.05, 0) is 62.1 Å². The van der Waals surface area contributed by atoms with Gasteiger partial charge in [-0.15, -0.1) is 0 Å². The molecule has 1 aliphatic rings. The Morgan fingerprint density at radius 1 is 1.29 bits per heavy atom. The predicted octanol–water partition coefficient (Wildman–Crippen LogP) is 3.46. The Morgan fingerprint density at radius 3 is 2.48 bits per heavy atom. The van der Waals surface area contributed by atoms with Crippen molar-refractivity contribution in [3.05, 3.63) is 32.2 Å². The Hall–Kier alpha value is -0.660. The van der Waals surface area contributed by atoms with E-state index in [1.807, 2.05) is 0 Å². The van der Waals surface area contributed by atoms with Gasteiger partial charge in [0.05, 0.1) is 26.5 Å². The molecular weight excluding hydrogens is 470 g/mol. The quantitative estimate of drug-likeness (QED) is 0.400. The third-order valence-corrected chi connectivity index (χ3v) is 5.07. The highest BCUT2D eigenvalue weighted by Gasteiger charge is 2.27. The molecule has 112 valence electrons. The third-order valence-electron chi connectivity index (χ3n) is 3.01. The first-order valence-corrected chi connectivity index (χ1v) is 8.65. The number of alkyl halides is 1. The minimum absolute atomic E-state index is 0.151. The summed E-state index contributed by atoms with van der Waals surface area (Å²) in [6.07, 6.45) is 2.17. The van der Waals surface area contributed by atoms with E-state index in [1.54, 1.807) is 25.3 Å². The number of amides is 1. The lowest BCUT2D eigenvalue weighted by Gasteiger charge is -2.09. The largest absolute Gasteiger partial charge is 0.494 e. The Morgan fingerprint density at radius 2 is 1.90 bits per heavy atom. The molecule has 1 heterocycles. The number of hydrogen-bond donors (Lipinski definition) is 1. The van der Waals surface area contributed by atoms with Crippen LogP contribution in [0.4, 0.5) is 0 Å². The summed E-state index contributed by atoms with van der Waals surface area (Å²) in [5.74, 6) is 0.116. The molecule has 0 aromatic heterocycles. The van der Waals surface area contributed by atoms with Gasteiger partial charge in [-0.2, -0.15) is 0 Å². The smallest absolute Gasteiger partial charge is 0.254 e. The summed E-state index contributed by atoms with van der Waals surface area (Å²) in [4.78, 5) is 23.9. The molecule has 1 fully saturated rings. The van der Waals surface area contributed by atoms with E-state index in [1.165, 1.54) is 0 Å². The van der Waals surface area contributed by atoms with Crippen LogP contribution in [0, 0.1) is 0 Å². The van der Waals surface area contributed by atoms with Gasteiger partial charge in [-0.1, -0.05) is 15.9 Å². The average Bonchev–Trinajstić information content (AvgIpc) is 2.53. The van der Waals surface area contributed by atoms with Crippen molar-refractivity contribution in [2.75, 3.05) is 13.7 Å². The van der Waals surface area contributed by atoms with Gasteiger partial charge in [0.2, 0.25) is 0 Å². The van der Waals surface area contributed by atoms with Crippen LogP contribution in [0.5, 0.6) is 5.75 Å². The van der Waals surface area contributed by atoms with Crippen LogP contribution in [0.15, 0.2) is 26.7 Å². The molecule has 4 nitrogen and oxygen atoms in total. The number of benzene rings is 1. The highest BCUT2D eigenvalue weighted by molar-refractivity contribution is 9.11. The molecule has 2 rings (SSSR count). The van der Waals surface area contributed by atoms with E-state index in [9.17, 15) is 9.59 Å². The summed E-state index contributed by atoms with van der Waals surface area (Å²) in [7, 11) is 1.57. The van der Waals surface area contributed by atoms with Crippen molar-refractivity contribution in [3.63, 3.8) is 0 Å². The number of halogens is 3. The molecule has 0 bridgehead atoms. The second-order valence-electron chi connectivity index (χ2n) is 4.45. The van der Waals surface area contributed by atoms with E-state index in [4.69, 9.17) is 4.74 Å². The van der Waals surface area contributed by atoms with E-state index in [0.29, 0.717) is 18.7 Å². The Balaban J connectivity index is 2.46. The lowest BCUT2D eigenvalue weighted by atomic mass is 10.0. The fraction of sp³-hybridized carbons (Fsp3) is 0.286. The van der Waals surface area contributed by atoms with Crippen molar-refractivity contribution >= 4 is 65.6 Å². The standard InChI is InChI=1S/C14H12Br3NO3/c1-21-13-10(16)5-7(6-11(13)17)4-8-12(19)9(15)2-3-18-14(8)20/h4-6,9H,2-3H2,1H3,(H,18,20)/b8-4-. The number of rotatable bonds is 2. The van der Waals surface area contributed by atoms with E-state index in [0.717, 1.165) is 14.5 Å². The average molecular weight is 482 g/mol. The fourth-order valence-corrected chi connectivity index (χ4v) is 4.00. The van der Waals surface area contributed by atoms with Gasteiger partial charge in [-0.3, -0.25) is 9.59 Å². The Bertz CT molecular complexity index is 605. The summed E-state index contributed by atoms with van der Waals surface area (Å²) in [5.41, 5.74) is 0.882. The fourth-order valence-electron chi connectivity index (χ4n) is 1.98. The first-order valence-electron chi connectivity index (χ1n) is 6.15. The van der Waals surface area contributed by atoms with E-state index in [-0.39, 0.29) is 22.1 Å². The first kappa shape index (κ1) is 16.7. The molecular formula is C14H12Br3NO3. The van der Waals surface area contributed by atoms with Crippen molar-refractivity contribution in [1.29, 1.82) is 0 Å². The lowest BCUT2D eigenvalue weighted by molar-refractivity contribution is -0.121. The molecule has 0 radical (unpaired) electrons. The number of carbonyl (C=O) groups excluding carboxylic acids is 2. The van der Waals surface area contributed by atoms with Crippen LogP contribution in [0.1, 0.15) is 12.0 Å². The molecule has 1 saturated heterocycles. The van der Waals surface area contributed by atoms with Gasteiger partial charge in [0.25, 0.3) is 5.91 Å². The van der Waals surface area contributed by atoms with E-state index >= 15 is 0 Å². The maximum Gasteiger partial charge on any atom is 0.254 e. The van der Waals surface area contributed by atoms with Gasteiger partial charge >= 0.3 is 0 Å². The van der Waals surface area contributed by atoms with Crippen LogP contribution in [0.3, 0.4) is 0 Å². The van der Waals surface area contributed by atoms with Crippen LogP contribution in [0.2, 0.25) is 0 Å². The highest BCUT2D eigenvalue weighted by Crippen LogP contribution is 2.35. The lowest BCUT2D eigenvalue weighted by Crippen LogP contribution is -2.25. The van der Waals surface area contributed by atoms with Crippen molar-refractivity contribution in [2.24, 2.45) is 0 Å². The monoisotopic (exact) mass is 479 g/mol. The first-order chi connectivity index (χ1) is 9.93. The SMILES string of the molecule is COc1c(Br)cc(/C=C2\C(=O)NCCC(Br)C2=O)cc1Br.